The van der Waals surface area contributed by atoms with Crippen LogP contribution < -0.4 is 0 Å². The van der Waals surface area contributed by atoms with Gasteiger partial charge < -0.3 is 4.84 Å². The summed E-state index contributed by atoms with van der Waals surface area (Å²) in [4.78, 5) is 4.46. The Morgan fingerprint density at radius 3 is 1.68 bits per heavy atom. The Balaban J connectivity index is 3.00. The second-order valence-electron chi connectivity index (χ2n) is 3.25. The molecule has 1 aromatic carbocycles. The highest BCUT2D eigenvalue weighted by Gasteiger charge is 2.25. The zero-order valence-corrected chi connectivity index (χ0v) is 10.6. The van der Waals surface area contributed by atoms with Gasteiger partial charge in [-0.2, -0.15) is 0 Å². The Kier molecular flexibility index (Phi) is 5.81. The third-order valence-corrected chi connectivity index (χ3v) is 2.63. The van der Waals surface area contributed by atoms with Crippen LogP contribution in [0.1, 0.15) is 5.56 Å². The maximum atomic E-state index is 13.2. The molecular weight excluding hydrogens is 316 g/mol. The molecule has 1 aromatic rings. The third kappa shape index (κ3) is 3.48. The van der Waals surface area contributed by atoms with Gasteiger partial charge in [-0.15, -0.1) is 23.2 Å². The van der Waals surface area contributed by atoms with Crippen LogP contribution in [0.3, 0.4) is 0 Å². The lowest BCUT2D eigenvalue weighted by atomic mass is 10.2. The standard InChI is InChI=1S/C10H6Cl2F5NO/c11-1-4(2-12)18-19-3-5-6(13)8(15)10(17)9(16)7(5)14/h1-3H2. The minimum Gasteiger partial charge on any atom is -0.391 e. The lowest BCUT2D eigenvalue weighted by molar-refractivity contribution is 0.122. The Morgan fingerprint density at radius 2 is 1.26 bits per heavy atom. The van der Waals surface area contributed by atoms with Crippen molar-refractivity contribution in [1.29, 1.82) is 0 Å². The monoisotopic (exact) mass is 321 g/mol. The van der Waals surface area contributed by atoms with Crippen molar-refractivity contribution in [2.75, 3.05) is 11.8 Å². The molecule has 0 saturated heterocycles. The van der Waals surface area contributed by atoms with Gasteiger partial charge in [0, 0.05) is 0 Å². The van der Waals surface area contributed by atoms with Gasteiger partial charge in [0.15, 0.2) is 23.3 Å². The first-order valence-electron chi connectivity index (χ1n) is 4.73. The number of halogens is 7. The van der Waals surface area contributed by atoms with Crippen LogP contribution in [0.4, 0.5) is 22.0 Å². The zero-order chi connectivity index (χ0) is 14.6. The summed E-state index contributed by atoms with van der Waals surface area (Å²) in [5.74, 6) is -10.5. The summed E-state index contributed by atoms with van der Waals surface area (Å²) in [5.41, 5.74) is -0.976. The van der Waals surface area contributed by atoms with Crippen molar-refractivity contribution in [2.45, 2.75) is 6.61 Å². The minimum absolute atomic E-state index is 0.0966. The fourth-order valence-electron chi connectivity index (χ4n) is 1.05. The second kappa shape index (κ2) is 6.91. The van der Waals surface area contributed by atoms with E-state index >= 15 is 0 Å². The van der Waals surface area contributed by atoms with E-state index in [2.05, 4.69) is 9.99 Å². The summed E-state index contributed by atoms with van der Waals surface area (Å²) in [5, 5.41) is 3.30. The molecule has 0 N–H and O–H groups in total. The maximum Gasteiger partial charge on any atom is 0.200 e. The average Bonchev–Trinajstić information content (AvgIpc) is 2.42. The van der Waals surface area contributed by atoms with Crippen LogP contribution in [0.15, 0.2) is 5.16 Å². The Morgan fingerprint density at radius 1 is 0.842 bits per heavy atom. The highest BCUT2D eigenvalue weighted by Crippen LogP contribution is 2.23. The van der Waals surface area contributed by atoms with E-state index in [4.69, 9.17) is 23.2 Å². The van der Waals surface area contributed by atoms with Crippen molar-refractivity contribution >= 4 is 28.9 Å². The number of oxime groups is 1. The van der Waals surface area contributed by atoms with E-state index in [1.54, 1.807) is 0 Å². The van der Waals surface area contributed by atoms with Gasteiger partial charge in [0.25, 0.3) is 0 Å². The largest absolute Gasteiger partial charge is 0.391 e. The van der Waals surface area contributed by atoms with Crippen LogP contribution >= 0.6 is 23.2 Å². The van der Waals surface area contributed by atoms with Gasteiger partial charge in [-0.1, -0.05) is 5.16 Å². The van der Waals surface area contributed by atoms with Gasteiger partial charge >= 0.3 is 0 Å². The van der Waals surface area contributed by atoms with Crippen LogP contribution in [0.25, 0.3) is 0 Å². The molecular formula is C10H6Cl2F5NO. The summed E-state index contributed by atoms with van der Waals surface area (Å²) in [7, 11) is 0. The highest BCUT2D eigenvalue weighted by atomic mass is 35.5. The van der Waals surface area contributed by atoms with Crippen LogP contribution in [0, 0.1) is 29.1 Å². The van der Waals surface area contributed by atoms with E-state index in [1.165, 1.54) is 0 Å². The van der Waals surface area contributed by atoms with E-state index in [9.17, 15) is 22.0 Å². The molecule has 0 unspecified atom stereocenters. The van der Waals surface area contributed by atoms with Crippen LogP contribution in [0.5, 0.6) is 0 Å². The van der Waals surface area contributed by atoms with Crippen LogP contribution in [-0.2, 0) is 11.4 Å². The first-order valence-corrected chi connectivity index (χ1v) is 5.80. The van der Waals surface area contributed by atoms with Crippen molar-refractivity contribution in [2.24, 2.45) is 5.16 Å². The molecule has 0 aliphatic rings. The lowest BCUT2D eigenvalue weighted by Gasteiger charge is -2.07. The lowest BCUT2D eigenvalue weighted by Crippen LogP contribution is -2.09. The average molecular weight is 322 g/mol. The van der Waals surface area contributed by atoms with Gasteiger partial charge in [0.2, 0.25) is 5.82 Å². The Labute approximate surface area is 114 Å². The molecule has 19 heavy (non-hydrogen) atoms. The van der Waals surface area contributed by atoms with Crippen molar-refractivity contribution in [1.82, 2.24) is 0 Å². The first kappa shape index (κ1) is 16.0. The fraction of sp³-hybridized carbons (Fsp3) is 0.300. The quantitative estimate of drug-likeness (QED) is 0.202. The molecule has 106 valence electrons. The summed E-state index contributed by atoms with van der Waals surface area (Å²) < 4.78 is 64.8. The van der Waals surface area contributed by atoms with E-state index in [0.717, 1.165) is 0 Å². The van der Waals surface area contributed by atoms with E-state index < -0.39 is 41.3 Å². The summed E-state index contributed by atoms with van der Waals surface area (Å²) in [6.07, 6.45) is 0. The number of rotatable bonds is 5. The second-order valence-corrected chi connectivity index (χ2v) is 3.78. The summed E-state index contributed by atoms with van der Waals surface area (Å²) in [6, 6.07) is 0. The number of hydrogen-bond donors (Lipinski definition) is 0. The van der Waals surface area contributed by atoms with Gasteiger partial charge in [0.1, 0.15) is 6.61 Å². The van der Waals surface area contributed by atoms with Gasteiger partial charge in [0.05, 0.1) is 23.0 Å². The molecule has 0 heterocycles. The molecule has 0 radical (unpaired) electrons. The minimum atomic E-state index is -2.23. The van der Waals surface area contributed by atoms with E-state index in [-0.39, 0.29) is 17.5 Å². The van der Waals surface area contributed by atoms with Gasteiger partial charge in [-0.25, -0.2) is 22.0 Å². The predicted octanol–water partition coefficient (Wildman–Crippen LogP) is 3.73. The van der Waals surface area contributed by atoms with Crippen molar-refractivity contribution < 1.29 is 26.8 Å². The third-order valence-electron chi connectivity index (χ3n) is 2.01. The number of nitrogens with zero attached hydrogens (tertiary/aromatic N) is 1. The Bertz CT molecular complexity index is 474. The van der Waals surface area contributed by atoms with Crippen molar-refractivity contribution in [3.05, 3.63) is 34.6 Å². The summed E-state index contributed by atoms with van der Waals surface area (Å²) in [6.45, 7) is -0.941. The van der Waals surface area contributed by atoms with E-state index in [1.807, 2.05) is 0 Å². The molecule has 1 rings (SSSR count). The zero-order valence-electron chi connectivity index (χ0n) is 9.12. The molecule has 0 spiro atoms. The molecule has 0 fully saturated rings. The molecule has 0 atom stereocenters. The molecule has 9 heteroatoms. The van der Waals surface area contributed by atoms with Crippen molar-refractivity contribution in [3.63, 3.8) is 0 Å². The molecule has 2 nitrogen and oxygen atoms in total. The Hall–Kier alpha value is -1.08. The van der Waals surface area contributed by atoms with Crippen LogP contribution in [0.2, 0.25) is 0 Å². The topological polar surface area (TPSA) is 21.6 Å². The number of benzene rings is 1. The predicted molar refractivity (Wildman–Crippen MR) is 59.9 cm³/mol. The highest BCUT2D eigenvalue weighted by molar-refractivity contribution is 6.36. The van der Waals surface area contributed by atoms with Gasteiger partial charge in [-0.3, -0.25) is 0 Å². The molecule has 0 aromatic heterocycles. The SMILES string of the molecule is Fc1c(F)c(F)c(CON=C(CCl)CCl)c(F)c1F. The first-order chi connectivity index (χ1) is 8.93. The number of alkyl halides is 2. The molecule has 0 amide bonds. The maximum absolute atomic E-state index is 13.2. The van der Waals surface area contributed by atoms with Gasteiger partial charge in [-0.05, 0) is 0 Å². The fourth-order valence-corrected chi connectivity index (χ4v) is 1.43. The molecule has 0 aliphatic carbocycles. The number of hydrogen-bond acceptors (Lipinski definition) is 2. The summed E-state index contributed by atoms with van der Waals surface area (Å²) >= 11 is 10.7. The smallest absolute Gasteiger partial charge is 0.200 e. The molecule has 0 saturated carbocycles. The van der Waals surface area contributed by atoms with Crippen molar-refractivity contribution in [3.8, 4) is 0 Å². The van der Waals surface area contributed by atoms with Crippen LogP contribution in [-0.4, -0.2) is 17.5 Å². The molecule has 0 aliphatic heterocycles. The normalized spacial score (nSPS) is 10.5. The molecule has 0 bridgehead atoms. The van der Waals surface area contributed by atoms with E-state index in [0.29, 0.717) is 0 Å².